The Balaban J connectivity index is 0.000000202. The molecule has 0 amide bonds. The highest BCUT2D eigenvalue weighted by Crippen LogP contribution is 2.25. The third-order valence-electron chi connectivity index (χ3n) is 1.64. The lowest BCUT2D eigenvalue weighted by Crippen LogP contribution is -2.14. The molecule has 2 rings (SSSR count). The molecule has 0 aliphatic heterocycles. The average Bonchev–Trinajstić information content (AvgIpc) is 2.31. The number of aromatic nitrogens is 2. The molecule has 0 aliphatic carbocycles. The van der Waals surface area contributed by atoms with Gasteiger partial charge < -0.3 is 4.98 Å². The molecule has 1 N–H and O–H groups in total. The van der Waals surface area contributed by atoms with Crippen LogP contribution in [-0.4, -0.2) is 9.97 Å². The molecule has 2 aromatic rings. The van der Waals surface area contributed by atoms with Crippen LogP contribution in [0.1, 0.15) is 5.69 Å². The van der Waals surface area contributed by atoms with Crippen LogP contribution in [0.3, 0.4) is 0 Å². The van der Waals surface area contributed by atoms with Crippen LogP contribution in [0, 0.1) is 0 Å². The highest BCUT2D eigenvalue weighted by molar-refractivity contribution is 5.02. The standard InChI is InChI=1S/C6H6.C5H3F3N2O/c1-2-4-6-5-3-1;6-5(7,8)3-1-4(11)10-2-9-3/h1-6H;1-2H,(H,9,10,11). The van der Waals surface area contributed by atoms with Crippen LogP contribution in [0.25, 0.3) is 0 Å². The predicted molar refractivity (Wildman–Crippen MR) is 56.3 cm³/mol. The van der Waals surface area contributed by atoms with Crippen LogP contribution in [0.2, 0.25) is 0 Å². The number of alkyl halides is 3. The molecule has 0 saturated carbocycles. The molecule has 3 nitrogen and oxygen atoms in total. The summed E-state index contributed by atoms with van der Waals surface area (Å²) in [7, 11) is 0. The number of aromatic amines is 1. The van der Waals surface area contributed by atoms with Crippen LogP contribution < -0.4 is 5.56 Å². The van der Waals surface area contributed by atoms with E-state index >= 15 is 0 Å². The van der Waals surface area contributed by atoms with Crippen molar-refractivity contribution in [3.05, 3.63) is 64.8 Å². The first kappa shape index (κ1) is 13.0. The van der Waals surface area contributed by atoms with Gasteiger partial charge in [-0.15, -0.1) is 0 Å². The molecule has 90 valence electrons. The zero-order valence-corrected chi connectivity index (χ0v) is 8.61. The zero-order valence-electron chi connectivity index (χ0n) is 8.61. The Labute approximate surface area is 95.0 Å². The van der Waals surface area contributed by atoms with E-state index in [4.69, 9.17) is 0 Å². The van der Waals surface area contributed by atoms with Gasteiger partial charge in [0.1, 0.15) is 0 Å². The van der Waals surface area contributed by atoms with E-state index < -0.39 is 17.4 Å². The van der Waals surface area contributed by atoms with E-state index in [9.17, 15) is 18.0 Å². The van der Waals surface area contributed by atoms with Crippen molar-refractivity contribution in [1.29, 1.82) is 0 Å². The molecule has 6 heteroatoms. The average molecular weight is 242 g/mol. The maximum Gasteiger partial charge on any atom is 0.433 e. The summed E-state index contributed by atoms with van der Waals surface area (Å²) < 4.78 is 35.3. The predicted octanol–water partition coefficient (Wildman–Crippen LogP) is 2.48. The van der Waals surface area contributed by atoms with Crippen molar-refractivity contribution in [2.45, 2.75) is 6.18 Å². The lowest BCUT2D eigenvalue weighted by molar-refractivity contribution is -0.141. The number of H-pyrrole nitrogens is 1. The number of rotatable bonds is 0. The molecule has 0 fully saturated rings. The number of hydrogen-bond acceptors (Lipinski definition) is 2. The van der Waals surface area contributed by atoms with Crippen LogP contribution >= 0.6 is 0 Å². The summed E-state index contributed by atoms with van der Waals surface area (Å²) in [6.45, 7) is 0. The molecular formula is C11H9F3N2O. The Kier molecular flexibility index (Phi) is 4.45. The molecule has 0 spiro atoms. The quantitative estimate of drug-likeness (QED) is 0.771. The number of hydrogen-bond donors (Lipinski definition) is 1. The van der Waals surface area contributed by atoms with E-state index in [2.05, 4.69) is 4.98 Å². The largest absolute Gasteiger partial charge is 0.433 e. The molecule has 0 aliphatic rings. The Bertz CT molecular complexity index is 467. The first-order valence-electron chi connectivity index (χ1n) is 4.62. The summed E-state index contributed by atoms with van der Waals surface area (Å²) in [6.07, 6.45) is -3.83. The van der Waals surface area contributed by atoms with Gasteiger partial charge in [-0.1, -0.05) is 36.4 Å². The van der Waals surface area contributed by atoms with Gasteiger partial charge in [-0.2, -0.15) is 13.2 Å². The fraction of sp³-hybridized carbons (Fsp3) is 0.0909. The molecule has 1 heterocycles. The van der Waals surface area contributed by atoms with Crippen molar-refractivity contribution in [3.8, 4) is 0 Å². The summed E-state index contributed by atoms with van der Waals surface area (Å²) in [6, 6.07) is 12.4. The Hall–Kier alpha value is -2.11. The second-order valence-corrected chi connectivity index (χ2v) is 2.95. The highest BCUT2D eigenvalue weighted by Gasteiger charge is 2.32. The second-order valence-electron chi connectivity index (χ2n) is 2.95. The highest BCUT2D eigenvalue weighted by atomic mass is 19.4. The van der Waals surface area contributed by atoms with Crippen molar-refractivity contribution in [1.82, 2.24) is 9.97 Å². The SMILES string of the molecule is O=c1cc(C(F)(F)F)nc[nH]1.c1ccccc1. The van der Waals surface area contributed by atoms with E-state index in [1.807, 2.05) is 41.4 Å². The van der Waals surface area contributed by atoms with Gasteiger partial charge >= 0.3 is 6.18 Å². The molecule has 0 atom stereocenters. The Morgan fingerprint density at radius 2 is 1.47 bits per heavy atom. The number of halogens is 3. The normalized spacial score (nSPS) is 10.3. The summed E-state index contributed by atoms with van der Waals surface area (Å²) in [5.41, 5.74) is -1.99. The lowest BCUT2D eigenvalue weighted by Gasteiger charge is -2.02. The van der Waals surface area contributed by atoms with E-state index in [-0.39, 0.29) is 0 Å². The second kappa shape index (κ2) is 5.83. The Morgan fingerprint density at radius 1 is 1.00 bits per heavy atom. The van der Waals surface area contributed by atoms with Crippen molar-refractivity contribution in [2.24, 2.45) is 0 Å². The summed E-state index contributed by atoms with van der Waals surface area (Å²) >= 11 is 0. The van der Waals surface area contributed by atoms with Crippen LogP contribution in [0.4, 0.5) is 13.2 Å². The van der Waals surface area contributed by atoms with E-state index in [0.29, 0.717) is 12.4 Å². The Morgan fingerprint density at radius 3 is 1.76 bits per heavy atom. The minimum Gasteiger partial charge on any atom is -0.313 e. The van der Waals surface area contributed by atoms with Gasteiger partial charge in [-0.3, -0.25) is 4.79 Å². The summed E-state index contributed by atoms with van der Waals surface area (Å²) in [5.74, 6) is 0. The third-order valence-corrected chi connectivity index (χ3v) is 1.64. The van der Waals surface area contributed by atoms with Crippen molar-refractivity contribution in [2.75, 3.05) is 0 Å². The van der Waals surface area contributed by atoms with Crippen molar-refractivity contribution < 1.29 is 13.2 Å². The third kappa shape index (κ3) is 4.96. The van der Waals surface area contributed by atoms with E-state index in [0.717, 1.165) is 0 Å². The maximum atomic E-state index is 11.8. The smallest absolute Gasteiger partial charge is 0.313 e. The number of nitrogens with one attached hydrogen (secondary N) is 1. The fourth-order valence-electron chi connectivity index (χ4n) is 0.908. The molecule has 1 aromatic heterocycles. The van der Waals surface area contributed by atoms with Gasteiger partial charge in [-0.25, -0.2) is 4.98 Å². The molecule has 0 radical (unpaired) electrons. The van der Waals surface area contributed by atoms with Gasteiger partial charge in [0.2, 0.25) is 0 Å². The van der Waals surface area contributed by atoms with Crippen LogP contribution in [-0.2, 0) is 6.18 Å². The number of benzene rings is 1. The maximum absolute atomic E-state index is 11.8. The zero-order chi connectivity index (χ0) is 12.7. The summed E-state index contributed by atoms with van der Waals surface area (Å²) in [4.78, 5) is 15.2. The molecule has 17 heavy (non-hydrogen) atoms. The van der Waals surface area contributed by atoms with Gasteiger partial charge in [-0.05, 0) is 0 Å². The van der Waals surface area contributed by atoms with Gasteiger partial charge in [0.15, 0.2) is 5.69 Å². The molecule has 0 unspecified atom stereocenters. The van der Waals surface area contributed by atoms with Gasteiger partial charge in [0.05, 0.1) is 6.33 Å². The first-order valence-corrected chi connectivity index (χ1v) is 4.62. The first-order chi connectivity index (χ1) is 8.00. The molecule has 0 saturated heterocycles. The minimum atomic E-state index is -4.55. The monoisotopic (exact) mass is 242 g/mol. The van der Waals surface area contributed by atoms with Gasteiger partial charge in [0, 0.05) is 6.07 Å². The minimum absolute atomic E-state index is 0.403. The van der Waals surface area contributed by atoms with Crippen LogP contribution in [0.15, 0.2) is 53.6 Å². The van der Waals surface area contributed by atoms with Crippen molar-refractivity contribution >= 4 is 0 Å². The van der Waals surface area contributed by atoms with Gasteiger partial charge in [0.25, 0.3) is 5.56 Å². The topological polar surface area (TPSA) is 45.8 Å². The summed E-state index contributed by atoms with van der Waals surface area (Å²) in [5, 5.41) is 0. The van der Waals surface area contributed by atoms with E-state index in [1.165, 1.54) is 0 Å². The molecule has 1 aromatic carbocycles. The van der Waals surface area contributed by atoms with Crippen LogP contribution in [0.5, 0.6) is 0 Å². The van der Waals surface area contributed by atoms with E-state index in [1.54, 1.807) is 0 Å². The number of nitrogens with zero attached hydrogens (tertiary/aromatic N) is 1. The lowest BCUT2D eigenvalue weighted by atomic mass is 10.4. The van der Waals surface area contributed by atoms with Crippen molar-refractivity contribution in [3.63, 3.8) is 0 Å². The molecule has 0 bridgehead atoms. The fourth-order valence-corrected chi connectivity index (χ4v) is 0.908. The molecular weight excluding hydrogens is 233 g/mol.